The Morgan fingerprint density at radius 1 is 0.955 bits per heavy atom. The molecule has 0 spiro atoms. The largest absolute Gasteiger partial charge is 0.325 e. The lowest BCUT2D eigenvalue weighted by molar-refractivity contribution is 0.621. The average molecular weight is 296 g/mol. The van der Waals surface area contributed by atoms with Crippen LogP contribution in [0, 0.1) is 5.82 Å². The zero-order valence-electron chi connectivity index (χ0n) is 12.1. The zero-order valence-corrected chi connectivity index (χ0v) is 12.1. The lowest BCUT2D eigenvalue weighted by Crippen LogP contribution is -2.09. The molecule has 5 heteroatoms. The van der Waals surface area contributed by atoms with Crippen LogP contribution in [0.3, 0.4) is 0 Å². The minimum Gasteiger partial charge on any atom is -0.325 e. The van der Waals surface area contributed by atoms with E-state index in [1.54, 1.807) is 12.1 Å². The van der Waals surface area contributed by atoms with Crippen molar-refractivity contribution in [2.24, 2.45) is 5.73 Å². The third-order valence-electron chi connectivity index (χ3n) is 3.57. The van der Waals surface area contributed by atoms with E-state index >= 15 is 0 Å². The number of hydrogen-bond donors (Lipinski definition) is 1. The van der Waals surface area contributed by atoms with E-state index in [0.29, 0.717) is 19.5 Å². The van der Waals surface area contributed by atoms with Gasteiger partial charge in [0.15, 0.2) is 0 Å². The Bertz CT molecular complexity index is 735. The van der Waals surface area contributed by atoms with E-state index in [0.717, 1.165) is 22.5 Å². The quantitative estimate of drug-likeness (QED) is 0.787. The number of hydrogen-bond acceptors (Lipinski definition) is 3. The van der Waals surface area contributed by atoms with Gasteiger partial charge in [-0.2, -0.15) is 0 Å². The van der Waals surface area contributed by atoms with Crippen LogP contribution in [0.25, 0.3) is 0 Å². The molecule has 0 amide bonds. The molecule has 0 radical (unpaired) electrons. The van der Waals surface area contributed by atoms with Gasteiger partial charge in [0.25, 0.3) is 0 Å². The molecule has 22 heavy (non-hydrogen) atoms. The number of rotatable bonds is 5. The van der Waals surface area contributed by atoms with Crippen LogP contribution in [0.15, 0.2) is 54.6 Å². The second-order valence-corrected chi connectivity index (χ2v) is 5.13. The zero-order chi connectivity index (χ0) is 15.4. The number of benzene rings is 2. The normalized spacial score (nSPS) is 10.8. The highest BCUT2D eigenvalue weighted by Gasteiger charge is 2.12. The summed E-state index contributed by atoms with van der Waals surface area (Å²) in [5, 5.41) is 8.37. The first-order valence-corrected chi connectivity index (χ1v) is 7.16. The minimum atomic E-state index is -0.237. The van der Waals surface area contributed by atoms with Gasteiger partial charge in [-0.3, -0.25) is 0 Å². The SMILES string of the molecule is NCc1nnn(Cc2ccccc2)c1Cc1ccc(F)cc1. The van der Waals surface area contributed by atoms with E-state index in [1.165, 1.54) is 12.1 Å². The molecule has 0 aliphatic carbocycles. The summed E-state index contributed by atoms with van der Waals surface area (Å²) in [5.74, 6) is -0.237. The first kappa shape index (κ1) is 14.4. The lowest BCUT2D eigenvalue weighted by atomic mass is 10.1. The van der Waals surface area contributed by atoms with Crippen LogP contribution < -0.4 is 5.73 Å². The highest BCUT2D eigenvalue weighted by Crippen LogP contribution is 2.14. The van der Waals surface area contributed by atoms with Crippen molar-refractivity contribution in [3.8, 4) is 0 Å². The molecule has 0 atom stereocenters. The van der Waals surface area contributed by atoms with Crippen molar-refractivity contribution in [1.82, 2.24) is 15.0 Å². The summed E-state index contributed by atoms with van der Waals surface area (Å²) in [4.78, 5) is 0. The molecule has 0 unspecified atom stereocenters. The van der Waals surface area contributed by atoms with Crippen LogP contribution in [-0.2, 0) is 19.5 Å². The highest BCUT2D eigenvalue weighted by molar-refractivity contribution is 5.25. The van der Waals surface area contributed by atoms with E-state index in [4.69, 9.17) is 5.73 Å². The van der Waals surface area contributed by atoms with Crippen molar-refractivity contribution < 1.29 is 4.39 Å². The maximum atomic E-state index is 13.0. The fraction of sp³-hybridized carbons (Fsp3) is 0.176. The fourth-order valence-corrected chi connectivity index (χ4v) is 2.40. The van der Waals surface area contributed by atoms with Gasteiger partial charge in [-0.25, -0.2) is 9.07 Å². The van der Waals surface area contributed by atoms with Crippen LogP contribution in [-0.4, -0.2) is 15.0 Å². The summed E-state index contributed by atoms with van der Waals surface area (Å²) >= 11 is 0. The Balaban J connectivity index is 1.88. The molecule has 4 nitrogen and oxygen atoms in total. The summed E-state index contributed by atoms with van der Waals surface area (Å²) in [6, 6.07) is 16.5. The summed E-state index contributed by atoms with van der Waals surface area (Å²) < 4.78 is 14.9. The maximum Gasteiger partial charge on any atom is 0.123 e. The van der Waals surface area contributed by atoms with Gasteiger partial charge in [-0.15, -0.1) is 5.10 Å². The van der Waals surface area contributed by atoms with E-state index in [1.807, 2.05) is 35.0 Å². The molecule has 0 saturated carbocycles. The molecule has 1 aromatic heterocycles. The Hall–Kier alpha value is -2.53. The van der Waals surface area contributed by atoms with Crippen molar-refractivity contribution in [3.63, 3.8) is 0 Å². The van der Waals surface area contributed by atoms with Gasteiger partial charge in [-0.1, -0.05) is 47.7 Å². The van der Waals surface area contributed by atoms with Crippen molar-refractivity contribution >= 4 is 0 Å². The number of nitrogens with zero attached hydrogens (tertiary/aromatic N) is 3. The summed E-state index contributed by atoms with van der Waals surface area (Å²) in [7, 11) is 0. The van der Waals surface area contributed by atoms with Crippen LogP contribution in [0.5, 0.6) is 0 Å². The van der Waals surface area contributed by atoms with Crippen LogP contribution >= 0.6 is 0 Å². The Morgan fingerprint density at radius 3 is 2.36 bits per heavy atom. The Morgan fingerprint density at radius 2 is 1.68 bits per heavy atom. The predicted octanol–water partition coefficient (Wildman–Crippen LogP) is 2.51. The van der Waals surface area contributed by atoms with Gasteiger partial charge in [0, 0.05) is 13.0 Å². The van der Waals surface area contributed by atoms with Gasteiger partial charge in [0.05, 0.1) is 17.9 Å². The molecule has 3 rings (SSSR count). The van der Waals surface area contributed by atoms with Crippen molar-refractivity contribution in [2.45, 2.75) is 19.5 Å². The smallest absolute Gasteiger partial charge is 0.123 e. The van der Waals surface area contributed by atoms with Gasteiger partial charge in [0.1, 0.15) is 5.82 Å². The van der Waals surface area contributed by atoms with Crippen molar-refractivity contribution in [1.29, 1.82) is 0 Å². The number of nitrogens with two attached hydrogens (primary N) is 1. The number of aromatic nitrogens is 3. The third kappa shape index (κ3) is 3.20. The fourth-order valence-electron chi connectivity index (χ4n) is 2.40. The molecule has 0 saturated heterocycles. The molecule has 0 aliphatic rings. The molecular weight excluding hydrogens is 279 g/mol. The molecule has 0 bridgehead atoms. The van der Waals surface area contributed by atoms with Crippen molar-refractivity contribution in [3.05, 3.63) is 82.9 Å². The third-order valence-corrected chi connectivity index (χ3v) is 3.57. The van der Waals surface area contributed by atoms with Gasteiger partial charge in [-0.05, 0) is 23.3 Å². The second kappa shape index (κ2) is 6.49. The molecule has 0 fully saturated rings. The Kier molecular flexibility index (Phi) is 4.25. The lowest BCUT2D eigenvalue weighted by Gasteiger charge is -2.08. The standard InChI is InChI=1S/C17H17FN4/c18-15-8-6-13(7-9-15)10-17-16(11-19)20-21-22(17)12-14-4-2-1-3-5-14/h1-9H,10-12,19H2. The average Bonchev–Trinajstić information content (AvgIpc) is 2.92. The topological polar surface area (TPSA) is 56.7 Å². The molecule has 2 aromatic carbocycles. The molecule has 3 aromatic rings. The first-order valence-electron chi connectivity index (χ1n) is 7.16. The molecular formula is C17H17FN4. The summed E-state index contributed by atoms with van der Waals surface area (Å²) in [6.45, 7) is 0.982. The van der Waals surface area contributed by atoms with Gasteiger partial charge in [0.2, 0.25) is 0 Å². The molecule has 112 valence electrons. The van der Waals surface area contributed by atoms with E-state index in [-0.39, 0.29) is 5.82 Å². The maximum absolute atomic E-state index is 13.0. The highest BCUT2D eigenvalue weighted by atomic mass is 19.1. The van der Waals surface area contributed by atoms with Crippen LogP contribution in [0.4, 0.5) is 4.39 Å². The van der Waals surface area contributed by atoms with Crippen LogP contribution in [0.2, 0.25) is 0 Å². The second-order valence-electron chi connectivity index (χ2n) is 5.13. The van der Waals surface area contributed by atoms with E-state index < -0.39 is 0 Å². The molecule has 1 heterocycles. The molecule has 0 aliphatic heterocycles. The predicted molar refractivity (Wildman–Crippen MR) is 82.7 cm³/mol. The first-order chi connectivity index (χ1) is 10.8. The minimum absolute atomic E-state index is 0.237. The monoisotopic (exact) mass is 296 g/mol. The van der Waals surface area contributed by atoms with Crippen molar-refractivity contribution in [2.75, 3.05) is 0 Å². The van der Waals surface area contributed by atoms with Gasteiger partial charge >= 0.3 is 0 Å². The Labute approximate surface area is 128 Å². The summed E-state index contributed by atoms with van der Waals surface area (Å²) in [6.07, 6.45) is 0.632. The van der Waals surface area contributed by atoms with Crippen LogP contribution in [0.1, 0.15) is 22.5 Å². The van der Waals surface area contributed by atoms with Gasteiger partial charge < -0.3 is 5.73 Å². The molecule has 2 N–H and O–H groups in total. The van der Waals surface area contributed by atoms with E-state index in [9.17, 15) is 4.39 Å². The van der Waals surface area contributed by atoms with E-state index in [2.05, 4.69) is 10.3 Å². The number of halogens is 1. The summed E-state index contributed by atoms with van der Waals surface area (Å²) in [5.41, 5.74) is 9.66.